The topological polar surface area (TPSA) is 110 Å². The van der Waals surface area contributed by atoms with Crippen LogP contribution < -0.4 is 16.0 Å². The Labute approximate surface area is 128 Å². The van der Waals surface area contributed by atoms with Crippen LogP contribution in [-0.4, -0.2) is 50.3 Å². The number of hydrogen-bond acceptors (Lipinski definition) is 7. The number of aromatic nitrogens is 5. The Kier molecular flexibility index (Phi) is 5.64. The molecule has 0 aliphatic heterocycles. The molecule has 9 heteroatoms. The average molecular weight is 304 g/mol. The van der Waals surface area contributed by atoms with Crippen LogP contribution >= 0.6 is 0 Å². The molecule has 0 aliphatic rings. The minimum Gasteiger partial charge on any atom is -0.368 e. The zero-order valence-electron chi connectivity index (χ0n) is 12.7. The summed E-state index contributed by atoms with van der Waals surface area (Å²) < 4.78 is 1.47. The lowest BCUT2D eigenvalue weighted by molar-refractivity contribution is -0.121. The lowest BCUT2D eigenvalue weighted by Gasteiger charge is -2.09. The van der Waals surface area contributed by atoms with Crippen molar-refractivity contribution in [1.82, 2.24) is 30.0 Å². The van der Waals surface area contributed by atoms with Gasteiger partial charge >= 0.3 is 0 Å². The summed E-state index contributed by atoms with van der Waals surface area (Å²) in [5.41, 5.74) is 0.878. The Morgan fingerprint density at radius 3 is 2.86 bits per heavy atom. The number of aryl methyl sites for hydroxylation is 1. The minimum absolute atomic E-state index is 0.112. The second kappa shape index (κ2) is 7.91. The van der Waals surface area contributed by atoms with Crippen molar-refractivity contribution in [3.8, 4) is 0 Å². The van der Waals surface area contributed by atoms with Crippen molar-refractivity contribution in [1.29, 1.82) is 0 Å². The third-order valence-corrected chi connectivity index (χ3v) is 2.71. The molecule has 0 bridgehead atoms. The second-order valence-electron chi connectivity index (χ2n) is 4.62. The average Bonchev–Trinajstić information content (AvgIpc) is 2.96. The van der Waals surface area contributed by atoms with Gasteiger partial charge in [0.15, 0.2) is 0 Å². The summed E-state index contributed by atoms with van der Waals surface area (Å²) in [6.07, 6.45) is 2.90. The third kappa shape index (κ3) is 5.00. The fourth-order valence-corrected chi connectivity index (χ4v) is 1.81. The Balaban J connectivity index is 1.73. The van der Waals surface area contributed by atoms with Crippen molar-refractivity contribution in [2.24, 2.45) is 0 Å². The zero-order valence-corrected chi connectivity index (χ0v) is 12.7. The Morgan fingerprint density at radius 1 is 1.27 bits per heavy atom. The summed E-state index contributed by atoms with van der Waals surface area (Å²) >= 11 is 0. The van der Waals surface area contributed by atoms with E-state index in [0.29, 0.717) is 19.0 Å². The summed E-state index contributed by atoms with van der Waals surface area (Å²) in [6, 6.07) is 1.86. The molecule has 0 atom stereocenters. The summed E-state index contributed by atoms with van der Waals surface area (Å²) in [5.74, 6) is 1.22. The first-order chi connectivity index (χ1) is 10.7. The van der Waals surface area contributed by atoms with Gasteiger partial charge in [0.1, 0.15) is 25.0 Å². The van der Waals surface area contributed by atoms with E-state index in [0.717, 1.165) is 18.1 Å². The van der Waals surface area contributed by atoms with E-state index >= 15 is 0 Å². The monoisotopic (exact) mass is 304 g/mol. The van der Waals surface area contributed by atoms with E-state index in [-0.39, 0.29) is 12.5 Å². The molecule has 2 aromatic heterocycles. The van der Waals surface area contributed by atoms with Crippen LogP contribution in [0.3, 0.4) is 0 Å². The fourth-order valence-electron chi connectivity index (χ4n) is 1.81. The number of carbonyl (C=O) groups excluding carboxylic acids is 1. The maximum atomic E-state index is 11.7. The van der Waals surface area contributed by atoms with Crippen LogP contribution in [0, 0.1) is 6.92 Å². The number of carbonyl (C=O) groups is 1. The SMILES string of the molecule is CCNc1nc(C)cc(NCCNC(=O)Cn2cncn2)n1. The minimum atomic E-state index is -0.112. The normalized spacial score (nSPS) is 10.3. The highest BCUT2D eigenvalue weighted by molar-refractivity contribution is 5.75. The van der Waals surface area contributed by atoms with E-state index in [2.05, 4.69) is 36.0 Å². The van der Waals surface area contributed by atoms with Crippen molar-refractivity contribution in [3.63, 3.8) is 0 Å². The van der Waals surface area contributed by atoms with Gasteiger partial charge in [-0.05, 0) is 13.8 Å². The lowest BCUT2D eigenvalue weighted by atomic mass is 10.4. The third-order valence-electron chi connectivity index (χ3n) is 2.71. The highest BCUT2D eigenvalue weighted by atomic mass is 16.2. The van der Waals surface area contributed by atoms with E-state index in [1.165, 1.54) is 17.3 Å². The van der Waals surface area contributed by atoms with Crippen molar-refractivity contribution < 1.29 is 4.79 Å². The van der Waals surface area contributed by atoms with E-state index in [1.54, 1.807) is 0 Å². The maximum Gasteiger partial charge on any atom is 0.241 e. The Bertz CT molecular complexity index is 598. The summed E-state index contributed by atoms with van der Waals surface area (Å²) in [6.45, 7) is 5.90. The van der Waals surface area contributed by atoms with Crippen LogP contribution in [0.1, 0.15) is 12.6 Å². The number of amides is 1. The molecule has 3 N–H and O–H groups in total. The molecule has 0 unspecified atom stereocenters. The first kappa shape index (κ1) is 15.7. The molecule has 0 aliphatic carbocycles. The van der Waals surface area contributed by atoms with Gasteiger partial charge in [-0.3, -0.25) is 4.79 Å². The van der Waals surface area contributed by atoms with Crippen LogP contribution in [0.5, 0.6) is 0 Å². The molecule has 0 aromatic carbocycles. The molecule has 1 amide bonds. The Hall–Kier alpha value is -2.71. The fraction of sp³-hybridized carbons (Fsp3) is 0.462. The van der Waals surface area contributed by atoms with Gasteiger partial charge in [0.05, 0.1) is 0 Å². The number of rotatable bonds is 8. The number of hydrogen-bond donors (Lipinski definition) is 3. The molecule has 2 rings (SSSR count). The van der Waals surface area contributed by atoms with E-state index in [9.17, 15) is 4.79 Å². The van der Waals surface area contributed by atoms with Crippen LogP contribution in [0.2, 0.25) is 0 Å². The molecule has 9 nitrogen and oxygen atoms in total. The summed E-state index contributed by atoms with van der Waals surface area (Å²) in [4.78, 5) is 24.0. The molecule has 0 radical (unpaired) electrons. The molecule has 0 saturated carbocycles. The van der Waals surface area contributed by atoms with Gasteiger partial charge in [-0.2, -0.15) is 10.1 Å². The molecular formula is C13H20N8O. The van der Waals surface area contributed by atoms with Gasteiger partial charge in [0.2, 0.25) is 11.9 Å². The van der Waals surface area contributed by atoms with Crippen molar-refractivity contribution >= 4 is 17.7 Å². The van der Waals surface area contributed by atoms with Gasteiger partial charge in [-0.25, -0.2) is 14.6 Å². The first-order valence-electron chi connectivity index (χ1n) is 7.10. The predicted octanol–water partition coefficient (Wildman–Crippen LogP) is 0.0366. The van der Waals surface area contributed by atoms with Crippen LogP contribution in [0.15, 0.2) is 18.7 Å². The van der Waals surface area contributed by atoms with Gasteiger partial charge in [0.25, 0.3) is 0 Å². The van der Waals surface area contributed by atoms with Crippen molar-refractivity contribution in [3.05, 3.63) is 24.4 Å². The van der Waals surface area contributed by atoms with Gasteiger partial charge in [-0.15, -0.1) is 0 Å². The number of nitrogens with one attached hydrogen (secondary N) is 3. The van der Waals surface area contributed by atoms with E-state index in [1.807, 2.05) is 19.9 Å². The van der Waals surface area contributed by atoms with E-state index < -0.39 is 0 Å². The van der Waals surface area contributed by atoms with Crippen molar-refractivity contribution in [2.75, 3.05) is 30.3 Å². The van der Waals surface area contributed by atoms with Crippen LogP contribution in [-0.2, 0) is 11.3 Å². The second-order valence-corrected chi connectivity index (χ2v) is 4.62. The molecular weight excluding hydrogens is 284 g/mol. The smallest absolute Gasteiger partial charge is 0.241 e. The summed E-state index contributed by atoms with van der Waals surface area (Å²) in [5, 5.41) is 12.9. The first-order valence-corrected chi connectivity index (χ1v) is 7.10. The number of nitrogens with zero attached hydrogens (tertiary/aromatic N) is 5. The van der Waals surface area contributed by atoms with Gasteiger partial charge in [0, 0.05) is 31.4 Å². The lowest BCUT2D eigenvalue weighted by Crippen LogP contribution is -2.31. The standard InChI is InChI=1S/C13H20N8O/c1-3-15-13-19-10(2)6-11(20-13)16-4-5-17-12(22)7-21-9-14-8-18-21/h6,8-9H,3-5,7H2,1-2H3,(H,17,22)(H2,15,16,19,20). The molecule has 2 aromatic rings. The highest BCUT2D eigenvalue weighted by Gasteiger charge is 2.03. The molecule has 118 valence electrons. The zero-order chi connectivity index (χ0) is 15.8. The van der Waals surface area contributed by atoms with Gasteiger partial charge in [-0.1, -0.05) is 0 Å². The van der Waals surface area contributed by atoms with Crippen molar-refractivity contribution in [2.45, 2.75) is 20.4 Å². The molecule has 22 heavy (non-hydrogen) atoms. The molecule has 0 fully saturated rings. The molecule has 0 saturated heterocycles. The molecule has 2 heterocycles. The quantitative estimate of drug-likeness (QED) is 0.590. The van der Waals surface area contributed by atoms with Crippen LogP contribution in [0.25, 0.3) is 0 Å². The predicted molar refractivity (Wildman–Crippen MR) is 82.5 cm³/mol. The highest BCUT2D eigenvalue weighted by Crippen LogP contribution is 2.08. The molecule has 0 spiro atoms. The van der Waals surface area contributed by atoms with E-state index in [4.69, 9.17) is 0 Å². The Morgan fingerprint density at radius 2 is 2.14 bits per heavy atom. The van der Waals surface area contributed by atoms with Gasteiger partial charge < -0.3 is 16.0 Å². The summed E-state index contributed by atoms with van der Waals surface area (Å²) in [7, 11) is 0. The number of anilines is 2. The van der Waals surface area contributed by atoms with Crippen LogP contribution in [0.4, 0.5) is 11.8 Å². The maximum absolute atomic E-state index is 11.7. The largest absolute Gasteiger partial charge is 0.368 e.